The van der Waals surface area contributed by atoms with Crippen LogP contribution in [0.4, 0.5) is 0 Å². The van der Waals surface area contributed by atoms with Gasteiger partial charge in [0, 0.05) is 11.8 Å². The Labute approximate surface area is 181 Å². The number of rotatable bonds is 7. The first-order valence-electron chi connectivity index (χ1n) is 10.0. The molecule has 2 fully saturated rings. The highest BCUT2D eigenvalue weighted by molar-refractivity contribution is 5.55. The van der Waals surface area contributed by atoms with Gasteiger partial charge in [-0.15, -0.1) is 0 Å². The molecule has 1 N–H and O–H groups in total. The molecule has 0 aromatic heterocycles. The molecule has 4 rings (SSSR count). The SMILES string of the molecule is COc1cc(C2OC[C@@H]3C(c4cc(OC)c(OC)c(OC)c4)OC[C@H]23)cc(OC)c1O. The van der Waals surface area contributed by atoms with E-state index in [0.717, 1.165) is 11.1 Å². The van der Waals surface area contributed by atoms with Gasteiger partial charge in [0.2, 0.25) is 11.5 Å². The first kappa shape index (κ1) is 21.4. The smallest absolute Gasteiger partial charge is 0.203 e. The van der Waals surface area contributed by atoms with Crippen LogP contribution in [0.25, 0.3) is 0 Å². The predicted molar refractivity (Wildman–Crippen MR) is 112 cm³/mol. The van der Waals surface area contributed by atoms with E-state index in [0.29, 0.717) is 42.0 Å². The fraction of sp³-hybridized carbons (Fsp3) is 0.478. The number of ether oxygens (including phenoxy) is 7. The van der Waals surface area contributed by atoms with Gasteiger partial charge in [-0.1, -0.05) is 0 Å². The van der Waals surface area contributed by atoms with E-state index < -0.39 is 0 Å². The molecule has 2 unspecified atom stereocenters. The van der Waals surface area contributed by atoms with Crippen molar-refractivity contribution in [3.05, 3.63) is 35.4 Å². The van der Waals surface area contributed by atoms with Crippen LogP contribution in [-0.2, 0) is 9.47 Å². The van der Waals surface area contributed by atoms with Gasteiger partial charge in [0.15, 0.2) is 23.0 Å². The third-order valence-electron chi connectivity index (χ3n) is 6.11. The molecule has 2 aliphatic heterocycles. The van der Waals surface area contributed by atoms with Crippen molar-refractivity contribution in [3.8, 4) is 34.5 Å². The van der Waals surface area contributed by atoms with Crippen LogP contribution < -0.4 is 23.7 Å². The molecule has 31 heavy (non-hydrogen) atoms. The minimum Gasteiger partial charge on any atom is -0.502 e. The minimum atomic E-state index is -0.194. The van der Waals surface area contributed by atoms with Crippen molar-refractivity contribution in [2.45, 2.75) is 12.2 Å². The Morgan fingerprint density at radius 2 is 1.03 bits per heavy atom. The third kappa shape index (κ3) is 3.59. The molecule has 0 spiro atoms. The second-order valence-corrected chi connectivity index (χ2v) is 7.57. The second-order valence-electron chi connectivity index (χ2n) is 7.57. The largest absolute Gasteiger partial charge is 0.502 e. The lowest BCUT2D eigenvalue weighted by atomic mass is 9.84. The number of fused-ring (bicyclic) bond motifs is 1. The number of aromatic hydroxyl groups is 1. The van der Waals surface area contributed by atoms with E-state index in [4.69, 9.17) is 33.2 Å². The molecule has 2 aliphatic rings. The fourth-order valence-electron chi connectivity index (χ4n) is 4.58. The molecule has 2 aromatic carbocycles. The number of methoxy groups -OCH3 is 5. The van der Waals surface area contributed by atoms with E-state index in [1.807, 2.05) is 12.1 Å². The van der Waals surface area contributed by atoms with Gasteiger partial charge in [-0.2, -0.15) is 0 Å². The maximum absolute atomic E-state index is 10.2. The van der Waals surface area contributed by atoms with Gasteiger partial charge < -0.3 is 38.3 Å². The highest BCUT2D eigenvalue weighted by atomic mass is 16.5. The summed E-state index contributed by atoms with van der Waals surface area (Å²) in [6.07, 6.45) is -0.356. The first-order chi connectivity index (χ1) is 15.1. The average molecular weight is 432 g/mol. The Balaban J connectivity index is 1.64. The quantitative estimate of drug-likeness (QED) is 0.712. The topological polar surface area (TPSA) is 84.8 Å². The van der Waals surface area contributed by atoms with Gasteiger partial charge >= 0.3 is 0 Å². The second kappa shape index (κ2) is 8.72. The van der Waals surface area contributed by atoms with Crippen molar-refractivity contribution >= 4 is 0 Å². The van der Waals surface area contributed by atoms with Crippen LogP contribution in [0.1, 0.15) is 23.3 Å². The molecule has 4 atom stereocenters. The molecule has 168 valence electrons. The normalized spacial score (nSPS) is 24.5. The molecule has 8 heteroatoms. The molecule has 8 nitrogen and oxygen atoms in total. The van der Waals surface area contributed by atoms with E-state index in [1.165, 1.54) is 14.2 Å². The van der Waals surface area contributed by atoms with Crippen molar-refractivity contribution in [2.75, 3.05) is 48.8 Å². The zero-order valence-corrected chi connectivity index (χ0v) is 18.3. The van der Waals surface area contributed by atoms with Gasteiger partial charge in [0.05, 0.1) is 61.0 Å². The van der Waals surface area contributed by atoms with Gasteiger partial charge in [-0.3, -0.25) is 0 Å². The van der Waals surface area contributed by atoms with Crippen LogP contribution in [0.15, 0.2) is 24.3 Å². The lowest BCUT2D eigenvalue weighted by Crippen LogP contribution is -2.15. The van der Waals surface area contributed by atoms with Crippen molar-refractivity contribution in [2.24, 2.45) is 11.8 Å². The molecule has 0 saturated carbocycles. The molecule has 2 aromatic rings. The van der Waals surface area contributed by atoms with Crippen molar-refractivity contribution in [1.82, 2.24) is 0 Å². The van der Waals surface area contributed by atoms with Crippen LogP contribution >= 0.6 is 0 Å². The van der Waals surface area contributed by atoms with Crippen LogP contribution in [0.5, 0.6) is 34.5 Å². The average Bonchev–Trinajstić information content (AvgIpc) is 3.40. The Bertz CT molecular complexity index is 893. The number of phenols is 1. The highest BCUT2D eigenvalue weighted by Gasteiger charge is 2.48. The molecule has 2 saturated heterocycles. The van der Waals surface area contributed by atoms with Crippen molar-refractivity contribution in [1.29, 1.82) is 0 Å². The van der Waals surface area contributed by atoms with E-state index in [1.54, 1.807) is 33.5 Å². The predicted octanol–water partition coefficient (Wildman–Crippen LogP) is 3.51. The zero-order chi connectivity index (χ0) is 22.1. The number of benzene rings is 2. The van der Waals surface area contributed by atoms with E-state index in [9.17, 15) is 5.11 Å². The van der Waals surface area contributed by atoms with Crippen molar-refractivity contribution < 1.29 is 38.3 Å². The molecular weight excluding hydrogens is 404 g/mol. The molecule has 2 heterocycles. The van der Waals surface area contributed by atoms with Crippen LogP contribution in [0.2, 0.25) is 0 Å². The number of phenolic OH excluding ortho intramolecular Hbond substituents is 1. The van der Waals surface area contributed by atoms with Crippen LogP contribution in [-0.4, -0.2) is 53.9 Å². The standard InChI is InChI=1S/C23H28O8/c1-25-16-6-12(7-17(26-2)20(16)24)21-14-10-31-22(15(14)11-30-21)13-8-18(27-3)23(29-5)19(9-13)28-4/h6-9,14-15,21-22,24H,10-11H2,1-5H3/t14-,15-,21?,22?/m0/s1. The van der Waals surface area contributed by atoms with E-state index >= 15 is 0 Å². The highest BCUT2D eigenvalue weighted by Crippen LogP contribution is 2.53. The minimum absolute atomic E-state index is 0.0266. The summed E-state index contributed by atoms with van der Waals surface area (Å²) < 4.78 is 39.5. The number of hydrogen-bond acceptors (Lipinski definition) is 8. The van der Waals surface area contributed by atoms with Crippen LogP contribution in [0.3, 0.4) is 0 Å². The Morgan fingerprint density at radius 3 is 1.39 bits per heavy atom. The lowest BCUT2D eigenvalue weighted by molar-refractivity contribution is 0.0190. The summed E-state index contributed by atoms with van der Waals surface area (Å²) in [6.45, 7) is 1.09. The van der Waals surface area contributed by atoms with Crippen LogP contribution in [0, 0.1) is 11.8 Å². The summed E-state index contributed by atoms with van der Waals surface area (Å²) in [5, 5.41) is 10.2. The van der Waals surface area contributed by atoms with Gasteiger partial charge in [-0.05, 0) is 35.4 Å². The molecule has 0 radical (unpaired) electrons. The Morgan fingerprint density at radius 1 is 0.645 bits per heavy atom. The Kier molecular flexibility index (Phi) is 6.02. The molecule has 0 aliphatic carbocycles. The first-order valence-corrected chi connectivity index (χ1v) is 10.0. The summed E-state index contributed by atoms with van der Waals surface area (Å²) in [4.78, 5) is 0. The third-order valence-corrected chi connectivity index (χ3v) is 6.11. The Hall–Kier alpha value is -2.84. The summed E-state index contributed by atoms with van der Waals surface area (Å²) in [6, 6.07) is 7.43. The van der Waals surface area contributed by atoms with Gasteiger partial charge in [-0.25, -0.2) is 0 Å². The maximum atomic E-state index is 10.2. The summed E-state index contributed by atoms with van der Waals surface area (Å²) in [5.41, 5.74) is 1.83. The zero-order valence-electron chi connectivity index (χ0n) is 18.3. The van der Waals surface area contributed by atoms with E-state index in [2.05, 4.69) is 0 Å². The molecular formula is C23H28O8. The van der Waals surface area contributed by atoms with Gasteiger partial charge in [0.25, 0.3) is 0 Å². The van der Waals surface area contributed by atoms with Gasteiger partial charge in [0.1, 0.15) is 0 Å². The lowest BCUT2D eigenvalue weighted by Gasteiger charge is -2.20. The van der Waals surface area contributed by atoms with Crippen molar-refractivity contribution in [3.63, 3.8) is 0 Å². The monoisotopic (exact) mass is 432 g/mol. The number of hydrogen-bond donors (Lipinski definition) is 1. The molecule has 0 bridgehead atoms. The summed E-state index contributed by atoms with van der Waals surface area (Å²) >= 11 is 0. The maximum Gasteiger partial charge on any atom is 0.203 e. The summed E-state index contributed by atoms with van der Waals surface area (Å²) in [7, 11) is 7.79. The molecule has 0 amide bonds. The fourth-order valence-corrected chi connectivity index (χ4v) is 4.58. The van der Waals surface area contributed by atoms with E-state index in [-0.39, 0.29) is 29.8 Å². The summed E-state index contributed by atoms with van der Waals surface area (Å²) in [5.74, 6) is 2.69.